The van der Waals surface area contributed by atoms with Gasteiger partial charge in [0.25, 0.3) is 0 Å². The van der Waals surface area contributed by atoms with Gasteiger partial charge in [-0.2, -0.15) is 0 Å². The van der Waals surface area contributed by atoms with E-state index in [1.165, 1.54) is 0 Å². The quantitative estimate of drug-likeness (QED) is 0.824. The van der Waals surface area contributed by atoms with Crippen molar-refractivity contribution >= 4 is 5.91 Å². The molecule has 94 valence electrons. The molecule has 5 heteroatoms. The van der Waals surface area contributed by atoms with Crippen molar-refractivity contribution in [3.63, 3.8) is 0 Å². The molecule has 0 fully saturated rings. The number of benzene rings is 1. The lowest BCUT2D eigenvalue weighted by Gasteiger charge is -2.14. The molecule has 0 spiro atoms. The summed E-state index contributed by atoms with van der Waals surface area (Å²) in [5.41, 5.74) is 6.57. The van der Waals surface area contributed by atoms with Crippen molar-refractivity contribution in [2.45, 2.75) is 12.5 Å². The summed E-state index contributed by atoms with van der Waals surface area (Å²) < 4.78 is 4.91. The van der Waals surface area contributed by atoms with Gasteiger partial charge in [0.15, 0.2) is 5.76 Å². The fourth-order valence-electron chi connectivity index (χ4n) is 1.71. The molecule has 1 aromatic carbocycles. The summed E-state index contributed by atoms with van der Waals surface area (Å²) in [5.74, 6) is 0.168. The molecule has 1 aromatic heterocycles. The predicted octanol–water partition coefficient (Wildman–Crippen LogP) is 1.03. The zero-order valence-corrected chi connectivity index (χ0v) is 9.87. The van der Waals surface area contributed by atoms with Gasteiger partial charge in [0.05, 0.1) is 18.7 Å². The van der Waals surface area contributed by atoms with Gasteiger partial charge < -0.3 is 15.6 Å². The molecule has 0 bridgehead atoms. The average molecular weight is 245 g/mol. The maximum absolute atomic E-state index is 12.0. The van der Waals surface area contributed by atoms with Gasteiger partial charge in [0.1, 0.15) is 0 Å². The summed E-state index contributed by atoms with van der Waals surface area (Å²) >= 11 is 0. The lowest BCUT2D eigenvalue weighted by molar-refractivity contribution is -0.122. The Hall–Kier alpha value is -2.14. The smallest absolute Gasteiger partial charge is 0.229 e. The Morgan fingerprint density at radius 1 is 1.33 bits per heavy atom. The summed E-state index contributed by atoms with van der Waals surface area (Å²) in [6.45, 7) is 0.592. The van der Waals surface area contributed by atoms with E-state index in [1.807, 2.05) is 30.3 Å². The Bertz CT molecular complexity index is 482. The second-order valence-electron chi connectivity index (χ2n) is 3.90. The molecule has 1 unspecified atom stereocenters. The molecule has 1 heterocycles. The average Bonchev–Trinajstić information content (AvgIpc) is 2.92. The van der Waals surface area contributed by atoms with Gasteiger partial charge in [-0.25, -0.2) is 0 Å². The highest BCUT2D eigenvalue weighted by molar-refractivity contribution is 5.83. The third-order valence-corrected chi connectivity index (χ3v) is 2.68. The van der Waals surface area contributed by atoms with E-state index in [-0.39, 0.29) is 18.4 Å². The third kappa shape index (κ3) is 2.95. The van der Waals surface area contributed by atoms with E-state index < -0.39 is 0 Å². The van der Waals surface area contributed by atoms with Crippen LogP contribution in [0.2, 0.25) is 0 Å². The Morgan fingerprint density at radius 2 is 2.11 bits per heavy atom. The summed E-state index contributed by atoms with van der Waals surface area (Å²) in [6, 6.07) is 11.2. The van der Waals surface area contributed by atoms with Gasteiger partial charge in [-0.3, -0.25) is 4.79 Å². The first-order valence-corrected chi connectivity index (χ1v) is 5.73. The fourth-order valence-corrected chi connectivity index (χ4v) is 1.71. The SMILES string of the molecule is NCC(C(=O)NCc1ccno1)c1ccccc1. The van der Waals surface area contributed by atoms with E-state index in [4.69, 9.17) is 10.3 Å². The first kappa shape index (κ1) is 12.3. The highest BCUT2D eigenvalue weighted by atomic mass is 16.5. The van der Waals surface area contributed by atoms with E-state index in [1.54, 1.807) is 12.3 Å². The van der Waals surface area contributed by atoms with Crippen LogP contribution in [-0.2, 0) is 11.3 Å². The molecule has 1 amide bonds. The second-order valence-corrected chi connectivity index (χ2v) is 3.90. The van der Waals surface area contributed by atoms with Crippen LogP contribution < -0.4 is 11.1 Å². The van der Waals surface area contributed by atoms with E-state index >= 15 is 0 Å². The summed E-state index contributed by atoms with van der Waals surface area (Å²) in [5, 5.41) is 6.35. The largest absolute Gasteiger partial charge is 0.360 e. The number of hydrogen-bond acceptors (Lipinski definition) is 4. The van der Waals surface area contributed by atoms with Crippen molar-refractivity contribution < 1.29 is 9.32 Å². The molecule has 5 nitrogen and oxygen atoms in total. The summed E-state index contributed by atoms with van der Waals surface area (Å²) in [7, 11) is 0. The number of amides is 1. The normalized spacial score (nSPS) is 12.1. The van der Waals surface area contributed by atoms with Crippen molar-refractivity contribution in [2.24, 2.45) is 5.73 Å². The monoisotopic (exact) mass is 245 g/mol. The number of nitrogens with zero attached hydrogens (tertiary/aromatic N) is 1. The highest BCUT2D eigenvalue weighted by Gasteiger charge is 2.18. The van der Waals surface area contributed by atoms with Crippen molar-refractivity contribution in [3.8, 4) is 0 Å². The Morgan fingerprint density at radius 3 is 2.72 bits per heavy atom. The van der Waals surface area contributed by atoms with E-state index in [0.717, 1.165) is 5.56 Å². The van der Waals surface area contributed by atoms with Gasteiger partial charge >= 0.3 is 0 Å². The zero-order chi connectivity index (χ0) is 12.8. The van der Waals surface area contributed by atoms with E-state index in [9.17, 15) is 4.79 Å². The van der Waals surface area contributed by atoms with Crippen molar-refractivity contribution in [1.29, 1.82) is 0 Å². The summed E-state index contributed by atoms with van der Waals surface area (Å²) in [4.78, 5) is 12.0. The van der Waals surface area contributed by atoms with Crippen molar-refractivity contribution in [2.75, 3.05) is 6.54 Å². The minimum Gasteiger partial charge on any atom is -0.360 e. The second kappa shape index (κ2) is 5.97. The maximum atomic E-state index is 12.0. The molecular formula is C13H15N3O2. The maximum Gasteiger partial charge on any atom is 0.229 e. The molecule has 0 saturated carbocycles. The number of nitrogens with one attached hydrogen (secondary N) is 1. The van der Waals surface area contributed by atoms with Gasteiger partial charge in [-0.15, -0.1) is 0 Å². The molecule has 0 aliphatic rings. The number of hydrogen-bond donors (Lipinski definition) is 2. The first-order chi connectivity index (χ1) is 8.81. The number of carbonyl (C=O) groups excluding carboxylic acids is 1. The van der Waals surface area contributed by atoms with Crippen LogP contribution in [0.15, 0.2) is 47.1 Å². The molecule has 1 atom stereocenters. The predicted molar refractivity (Wildman–Crippen MR) is 66.6 cm³/mol. The number of carbonyl (C=O) groups is 1. The molecule has 0 aliphatic carbocycles. The van der Waals surface area contributed by atoms with Gasteiger partial charge in [-0.05, 0) is 5.56 Å². The van der Waals surface area contributed by atoms with Crippen LogP contribution in [0.3, 0.4) is 0 Å². The molecule has 2 rings (SSSR count). The minimum absolute atomic E-state index is 0.111. The van der Waals surface area contributed by atoms with E-state index in [2.05, 4.69) is 10.5 Å². The van der Waals surface area contributed by atoms with Crippen LogP contribution in [0.25, 0.3) is 0 Å². The van der Waals surface area contributed by atoms with Gasteiger partial charge in [-0.1, -0.05) is 35.5 Å². The van der Waals surface area contributed by atoms with Crippen LogP contribution in [-0.4, -0.2) is 17.6 Å². The lowest BCUT2D eigenvalue weighted by atomic mass is 9.98. The topological polar surface area (TPSA) is 81.2 Å². The Labute approximate surface area is 105 Å². The fraction of sp³-hybridized carbons (Fsp3) is 0.231. The molecule has 2 aromatic rings. The standard InChI is InChI=1S/C13H15N3O2/c14-8-12(10-4-2-1-3-5-10)13(17)15-9-11-6-7-16-18-11/h1-7,12H,8-9,14H2,(H,15,17). The van der Waals surface area contributed by atoms with Crippen LogP contribution in [0, 0.1) is 0 Å². The number of nitrogens with two attached hydrogens (primary N) is 1. The Kier molecular flexibility index (Phi) is 4.09. The van der Waals surface area contributed by atoms with Crippen LogP contribution in [0.5, 0.6) is 0 Å². The molecule has 0 aliphatic heterocycles. The Balaban J connectivity index is 1.98. The molecule has 18 heavy (non-hydrogen) atoms. The minimum atomic E-state index is -0.339. The number of aromatic nitrogens is 1. The van der Waals surface area contributed by atoms with E-state index in [0.29, 0.717) is 12.3 Å². The summed E-state index contributed by atoms with van der Waals surface area (Å²) in [6.07, 6.45) is 1.54. The van der Waals surface area contributed by atoms with Gasteiger partial charge in [0.2, 0.25) is 5.91 Å². The molecular weight excluding hydrogens is 230 g/mol. The third-order valence-electron chi connectivity index (χ3n) is 2.68. The van der Waals surface area contributed by atoms with Crippen LogP contribution in [0.4, 0.5) is 0 Å². The molecule has 0 radical (unpaired) electrons. The van der Waals surface area contributed by atoms with Crippen LogP contribution in [0.1, 0.15) is 17.2 Å². The van der Waals surface area contributed by atoms with Gasteiger partial charge in [0, 0.05) is 12.6 Å². The van der Waals surface area contributed by atoms with Crippen LogP contribution >= 0.6 is 0 Å². The highest BCUT2D eigenvalue weighted by Crippen LogP contribution is 2.14. The lowest BCUT2D eigenvalue weighted by Crippen LogP contribution is -2.33. The van der Waals surface area contributed by atoms with Crippen molar-refractivity contribution in [1.82, 2.24) is 10.5 Å². The zero-order valence-electron chi connectivity index (χ0n) is 9.87. The first-order valence-electron chi connectivity index (χ1n) is 5.73. The van der Waals surface area contributed by atoms with Crippen molar-refractivity contribution in [3.05, 3.63) is 53.9 Å². The molecule has 0 saturated heterocycles. The molecule has 3 N–H and O–H groups in total. The number of rotatable bonds is 5.